The van der Waals surface area contributed by atoms with E-state index in [0.717, 1.165) is 30.5 Å². The fraction of sp³-hybridized carbons (Fsp3) is 0.312. The standard InChI is InChI=1S/C16H15Cl2N3O2S/c1-24-16-20-11-6-2-4-9(11)15(23)21(16)8-13(22)19-12-7-3-5-10(17)14(12)18/h3,5,7H,2,4,6,8H2,1H3,(H,19,22). The molecule has 1 amide bonds. The number of aromatic nitrogens is 2. The maximum absolute atomic E-state index is 12.6. The van der Waals surface area contributed by atoms with Gasteiger partial charge in [0.1, 0.15) is 6.54 Å². The van der Waals surface area contributed by atoms with Crippen LogP contribution >= 0.6 is 35.0 Å². The van der Waals surface area contributed by atoms with Crippen LogP contribution in [0.1, 0.15) is 17.7 Å². The second-order valence-corrected chi connectivity index (χ2v) is 6.98. The van der Waals surface area contributed by atoms with Gasteiger partial charge in [-0.3, -0.25) is 14.2 Å². The molecule has 1 aromatic heterocycles. The van der Waals surface area contributed by atoms with Gasteiger partial charge in [-0.15, -0.1) is 0 Å². The Kier molecular flexibility index (Phi) is 5.18. The molecule has 1 aromatic carbocycles. The first-order valence-corrected chi connectivity index (χ1v) is 9.39. The number of carbonyl (C=O) groups is 1. The zero-order chi connectivity index (χ0) is 17.3. The number of aryl methyl sites for hydroxylation is 1. The second kappa shape index (κ2) is 7.17. The van der Waals surface area contributed by atoms with E-state index in [2.05, 4.69) is 10.3 Å². The first kappa shape index (κ1) is 17.3. The predicted octanol–water partition coefficient (Wildman–Crippen LogP) is 3.40. The van der Waals surface area contributed by atoms with E-state index < -0.39 is 0 Å². The molecular weight excluding hydrogens is 369 g/mol. The van der Waals surface area contributed by atoms with Gasteiger partial charge in [0.2, 0.25) is 5.91 Å². The first-order chi connectivity index (χ1) is 11.5. The van der Waals surface area contributed by atoms with Crippen molar-refractivity contribution in [2.24, 2.45) is 0 Å². The molecule has 0 saturated heterocycles. The Labute approximate surface area is 153 Å². The molecule has 0 atom stereocenters. The summed E-state index contributed by atoms with van der Waals surface area (Å²) in [4.78, 5) is 29.5. The van der Waals surface area contributed by atoms with Gasteiger partial charge in [0.15, 0.2) is 5.16 Å². The van der Waals surface area contributed by atoms with E-state index in [9.17, 15) is 9.59 Å². The summed E-state index contributed by atoms with van der Waals surface area (Å²) in [5.74, 6) is -0.351. The fourth-order valence-corrected chi connectivity index (χ4v) is 3.65. The van der Waals surface area contributed by atoms with Gasteiger partial charge in [0, 0.05) is 5.56 Å². The summed E-state index contributed by atoms with van der Waals surface area (Å²) < 4.78 is 1.42. The van der Waals surface area contributed by atoms with Crippen LogP contribution in [0.4, 0.5) is 5.69 Å². The van der Waals surface area contributed by atoms with E-state index >= 15 is 0 Å². The molecule has 1 aliphatic carbocycles. The van der Waals surface area contributed by atoms with Crippen molar-refractivity contribution < 1.29 is 4.79 Å². The van der Waals surface area contributed by atoms with Crippen LogP contribution in [0, 0.1) is 0 Å². The van der Waals surface area contributed by atoms with Gasteiger partial charge < -0.3 is 5.32 Å². The highest BCUT2D eigenvalue weighted by atomic mass is 35.5. The minimum atomic E-state index is -0.351. The predicted molar refractivity (Wildman–Crippen MR) is 97.4 cm³/mol. The molecular formula is C16H15Cl2N3O2S. The van der Waals surface area contributed by atoms with Crippen LogP contribution in [0.25, 0.3) is 0 Å². The quantitative estimate of drug-likeness (QED) is 0.648. The number of rotatable bonds is 4. The topological polar surface area (TPSA) is 64.0 Å². The van der Waals surface area contributed by atoms with Crippen LogP contribution in [-0.2, 0) is 24.2 Å². The molecule has 24 heavy (non-hydrogen) atoms. The minimum Gasteiger partial charge on any atom is -0.323 e. The van der Waals surface area contributed by atoms with E-state index in [1.807, 2.05) is 6.26 Å². The molecule has 0 fully saturated rings. The van der Waals surface area contributed by atoms with Crippen LogP contribution in [0.2, 0.25) is 10.0 Å². The molecule has 126 valence electrons. The number of anilines is 1. The number of halogens is 2. The van der Waals surface area contributed by atoms with Crippen molar-refractivity contribution in [1.82, 2.24) is 9.55 Å². The van der Waals surface area contributed by atoms with E-state index in [4.69, 9.17) is 23.2 Å². The molecule has 2 aromatic rings. The maximum atomic E-state index is 12.6. The van der Waals surface area contributed by atoms with Gasteiger partial charge in [-0.2, -0.15) is 0 Å². The van der Waals surface area contributed by atoms with Crippen molar-refractivity contribution >= 4 is 46.6 Å². The Morgan fingerprint density at radius 2 is 2.17 bits per heavy atom. The van der Waals surface area contributed by atoms with Crippen molar-refractivity contribution in [2.45, 2.75) is 31.0 Å². The number of hydrogen-bond acceptors (Lipinski definition) is 4. The number of hydrogen-bond donors (Lipinski definition) is 1. The summed E-state index contributed by atoms with van der Waals surface area (Å²) in [6.45, 7) is -0.113. The van der Waals surface area contributed by atoms with Crippen molar-refractivity contribution in [1.29, 1.82) is 0 Å². The number of fused-ring (bicyclic) bond motifs is 1. The average molecular weight is 384 g/mol. The third kappa shape index (κ3) is 3.31. The highest BCUT2D eigenvalue weighted by molar-refractivity contribution is 7.98. The molecule has 1 N–H and O–H groups in total. The molecule has 0 saturated carbocycles. The van der Waals surface area contributed by atoms with E-state index in [1.165, 1.54) is 16.3 Å². The SMILES string of the molecule is CSc1nc2c(c(=O)n1CC(=O)Nc1cccc(Cl)c1Cl)CCC2. The van der Waals surface area contributed by atoms with E-state index in [1.54, 1.807) is 18.2 Å². The Balaban J connectivity index is 1.87. The van der Waals surface area contributed by atoms with Gasteiger partial charge >= 0.3 is 0 Å². The van der Waals surface area contributed by atoms with Crippen molar-refractivity contribution in [2.75, 3.05) is 11.6 Å². The van der Waals surface area contributed by atoms with Crippen LogP contribution in [0.5, 0.6) is 0 Å². The lowest BCUT2D eigenvalue weighted by molar-refractivity contribution is -0.116. The molecule has 0 bridgehead atoms. The number of nitrogens with zero attached hydrogens (tertiary/aromatic N) is 2. The summed E-state index contributed by atoms with van der Waals surface area (Å²) in [5, 5.41) is 3.87. The lowest BCUT2D eigenvalue weighted by Gasteiger charge is -2.13. The summed E-state index contributed by atoms with van der Waals surface area (Å²) in [6, 6.07) is 4.99. The lowest BCUT2D eigenvalue weighted by Crippen LogP contribution is -2.32. The van der Waals surface area contributed by atoms with Gasteiger partial charge in [0.25, 0.3) is 5.56 Å². The van der Waals surface area contributed by atoms with Crippen LogP contribution in [0.15, 0.2) is 28.2 Å². The lowest BCUT2D eigenvalue weighted by atomic mass is 10.2. The summed E-state index contributed by atoms with van der Waals surface area (Å²) in [7, 11) is 0. The molecule has 0 aliphatic heterocycles. The number of nitrogens with one attached hydrogen (secondary N) is 1. The summed E-state index contributed by atoms with van der Waals surface area (Å²) >= 11 is 13.4. The molecule has 0 spiro atoms. The highest BCUT2D eigenvalue weighted by Gasteiger charge is 2.21. The highest BCUT2D eigenvalue weighted by Crippen LogP contribution is 2.29. The molecule has 0 radical (unpaired) electrons. The Morgan fingerprint density at radius 1 is 1.38 bits per heavy atom. The maximum Gasteiger partial charge on any atom is 0.258 e. The van der Waals surface area contributed by atoms with E-state index in [0.29, 0.717) is 15.9 Å². The third-order valence-electron chi connectivity index (χ3n) is 3.86. The molecule has 1 aliphatic rings. The minimum absolute atomic E-state index is 0.113. The zero-order valence-corrected chi connectivity index (χ0v) is 15.3. The molecule has 3 rings (SSSR count). The van der Waals surface area contributed by atoms with Gasteiger partial charge in [0.05, 0.1) is 21.4 Å². The largest absolute Gasteiger partial charge is 0.323 e. The second-order valence-electron chi connectivity index (χ2n) is 5.42. The molecule has 8 heteroatoms. The number of benzene rings is 1. The zero-order valence-electron chi connectivity index (χ0n) is 12.9. The normalized spacial score (nSPS) is 13.0. The fourth-order valence-electron chi connectivity index (χ4n) is 2.74. The average Bonchev–Trinajstić information content (AvgIpc) is 3.03. The first-order valence-electron chi connectivity index (χ1n) is 7.41. The van der Waals surface area contributed by atoms with Gasteiger partial charge in [-0.25, -0.2) is 4.98 Å². The van der Waals surface area contributed by atoms with Crippen LogP contribution in [0.3, 0.4) is 0 Å². The Hall–Kier alpha value is -1.50. The molecule has 0 unspecified atom stereocenters. The summed E-state index contributed by atoms with van der Waals surface area (Å²) in [6.07, 6.45) is 4.31. The molecule has 1 heterocycles. The Bertz CT molecular complexity index is 867. The van der Waals surface area contributed by atoms with Gasteiger partial charge in [-0.05, 0) is 37.7 Å². The van der Waals surface area contributed by atoms with E-state index in [-0.39, 0.29) is 23.0 Å². The van der Waals surface area contributed by atoms with Crippen molar-refractivity contribution in [3.05, 3.63) is 49.9 Å². The third-order valence-corrected chi connectivity index (χ3v) is 5.36. The summed E-state index contributed by atoms with van der Waals surface area (Å²) in [5.41, 5.74) is 1.87. The van der Waals surface area contributed by atoms with Crippen molar-refractivity contribution in [3.63, 3.8) is 0 Å². The number of carbonyl (C=O) groups excluding carboxylic acids is 1. The van der Waals surface area contributed by atoms with Crippen LogP contribution in [-0.4, -0.2) is 21.7 Å². The van der Waals surface area contributed by atoms with Crippen molar-refractivity contribution in [3.8, 4) is 0 Å². The van der Waals surface area contributed by atoms with Gasteiger partial charge in [-0.1, -0.05) is 41.0 Å². The smallest absolute Gasteiger partial charge is 0.258 e. The molecule has 5 nitrogen and oxygen atoms in total. The monoisotopic (exact) mass is 383 g/mol. The van der Waals surface area contributed by atoms with Crippen LogP contribution < -0.4 is 10.9 Å². The number of thioether (sulfide) groups is 1. The Morgan fingerprint density at radius 3 is 2.92 bits per heavy atom. The number of amides is 1.